The number of nitrogens with zero attached hydrogens (tertiary/aromatic N) is 2. The maximum Gasteiger partial charge on any atom is 0.269 e. The Bertz CT molecular complexity index is 573. The molecule has 0 unspecified atom stereocenters. The minimum Gasteiger partial charge on any atom is -0.321 e. The van der Waals surface area contributed by atoms with Crippen LogP contribution < -0.4 is 5.32 Å². The van der Waals surface area contributed by atoms with Gasteiger partial charge in [0.15, 0.2) is 0 Å². The number of carbonyl (C=O) groups excluding carboxylic acids is 1. The average molecular weight is 288 g/mol. The second-order valence-corrected chi connectivity index (χ2v) is 4.77. The van der Waals surface area contributed by atoms with Crippen molar-refractivity contribution in [2.24, 2.45) is 0 Å². The maximum atomic E-state index is 11.9. The summed E-state index contributed by atoms with van der Waals surface area (Å²) < 4.78 is 3.72. The molecule has 0 aliphatic heterocycles. The Hall–Kier alpha value is -1.53. The van der Waals surface area contributed by atoms with Crippen LogP contribution in [0.1, 0.15) is 20.9 Å². The first kappa shape index (κ1) is 14.5. The van der Waals surface area contributed by atoms with E-state index in [0.717, 1.165) is 17.1 Å². The van der Waals surface area contributed by atoms with E-state index in [4.69, 9.17) is 11.6 Å². The first-order valence-electron chi connectivity index (χ1n) is 4.94. The van der Waals surface area contributed by atoms with E-state index in [2.05, 4.69) is 14.9 Å². The lowest BCUT2D eigenvalue weighted by Gasteiger charge is -2.05. The van der Waals surface area contributed by atoms with Gasteiger partial charge in [0, 0.05) is 10.7 Å². The van der Waals surface area contributed by atoms with Gasteiger partial charge in [0.05, 0.1) is 5.69 Å². The predicted octanol–water partition coefficient (Wildman–Crippen LogP) is 3.21. The Balaban J connectivity index is 0.00000162. The van der Waals surface area contributed by atoms with Gasteiger partial charge in [-0.2, -0.15) is 0 Å². The Kier molecular flexibility index (Phi) is 4.75. The largest absolute Gasteiger partial charge is 0.321 e. The van der Waals surface area contributed by atoms with E-state index in [-0.39, 0.29) is 10.6 Å². The molecule has 1 N–H and O–H groups in total. The maximum absolute atomic E-state index is 11.9. The third-order valence-corrected chi connectivity index (χ3v) is 3.52. The second-order valence-electron chi connectivity index (χ2n) is 3.61. The summed E-state index contributed by atoms with van der Waals surface area (Å²) in [4.78, 5) is 12.4. The van der Waals surface area contributed by atoms with E-state index in [9.17, 15) is 4.79 Å². The SMILES string of the molecule is Cc1ccc(NC(=O)c2snnc2C)cc1Cl.F. The van der Waals surface area contributed by atoms with E-state index in [1.54, 1.807) is 13.0 Å². The molecule has 1 amide bonds. The summed E-state index contributed by atoms with van der Waals surface area (Å²) in [6.45, 7) is 3.66. The van der Waals surface area contributed by atoms with Gasteiger partial charge in [0.25, 0.3) is 5.91 Å². The third-order valence-electron chi connectivity index (χ3n) is 2.29. The molecule has 0 saturated heterocycles. The molecule has 7 heteroatoms. The van der Waals surface area contributed by atoms with Crippen molar-refractivity contribution in [1.82, 2.24) is 9.59 Å². The van der Waals surface area contributed by atoms with Crippen LogP contribution in [0, 0.1) is 13.8 Å². The van der Waals surface area contributed by atoms with Crippen LogP contribution in [0.2, 0.25) is 5.02 Å². The summed E-state index contributed by atoms with van der Waals surface area (Å²) >= 11 is 7.06. The predicted molar refractivity (Wildman–Crippen MR) is 71.3 cm³/mol. The number of aromatic nitrogens is 2. The minimum absolute atomic E-state index is 0. The number of anilines is 1. The standard InChI is InChI=1S/C11H10ClN3OS.FH/c1-6-3-4-8(5-9(6)12)13-11(16)10-7(2)14-15-17-10;/h3-5H,1-2H3,(H,13,16);1H. The molecule has 2 rings (SSSR count). The molecule has 1 aromatic carbocycles. The summed E-state index contributed by atoms with van der Waals surface area (Å²) in [5.74, 6) is -0.211. The Morgan fingerprint density at radius 1 is 1.39 bits per heavy atom. The highest BCUT2D eigenvalue weighted by Gasteiger charge is 2.13. The minimum atomic E-state index is -0.211. The number of rotatable bonds is 2. The van der Waals surface area contributed by atoms with Crippen molar-refractivity contribution in [2.75, 3.05) is 5.32 Å². The molecule has 96 valence electrons. The molecule has 18 heavy (non-hydrogen) atoms. The second kappa shape index (κ2) is 5.88. The van der Waals surface area contributed by atoms with E-state index in [1.807, 2.05) is 19.1 Å². The molecule has 1 heterocycles. The lowest BCUT2D eigenvalue weighted by molar-refractivity contribution is 0.103. The highest BCUT2D eigenvalue weighted by atomic mass is 35.5. The lowest BCUT2D eigenvalue weighted by Crippen LogP contribution is -2.11. The van der Waals surface area contributed by atoms with E-state index >= 15 is 0 Å². The number of halogens is 2. The fourth-order valence-electron chi connectivity index (χ4n) is 1.30. The van der Waals surface area contributed by atoms with E-state index in [0.29, 0.717) is 21.3 Å². The Labute approximate surface area is 113 Å². The molecule has 0 fully saturated rings. The van der Waals surface area contributed by atoms with E-state index < -0.39 is 0 Å². The first-order valence-corrected chi connectivity index (χ1v) is 6.09. The summed E-state index contributed by atoms with van der Waals surface area (Å²) in [5.41, 5.74) is 2.27. The smallest absolute Gasteiger partial charge is 0.269 e. The van der Waals surface area contributed by atoms with Crippen LogP contribution >= 0.6 is 23.1 Å². The first-order chi connectivity index (χ1) is 8.08. The van der Waals surface area contributed by atoms with Crippen LogP contribution in [-0.2, 0) is 0 Å². The van der Waals surface area contributed by atoms with Gasteiger partial charge in [0.2, 0.25) is 0 Å². The molecule has 0 aliphatic carbocycles. The number of carbonyl (C=O) groups is 1. The monoisotopic (exact) mass is 287 g/mol. The number of amides is 1. The molecular weight excluding hydrogens is 277 g/mol. The highest BCUT2D eigenvalue weighted by molar-refractivity contribution is 7.08. The lowest BCUT2D eigenvalue weighted by atomic mass is 10.2. The van der Waals surface area contributed by atoms with Crippen molar-refractivity contribution in [3.8, 4) is 0 Å². The topological polar surface area (TPSA) is 54.9 Å². The van der Waals surface area contributed by atoms with Crippen molar-refractivity contribution >= 4 is 34.7 Å². The molecule has 0 saturated carbocycles. The van der Waals surface area contributed by atoms with Crippen LogP contribution in [0.3, 0.4) is 0 Å². The molecule has 0 radical (unpaired) electrons. The van der Waals surface area contributed by atoms with Gasteiger partial charge in [0.1, 0.15) is 4.88 Å². The van der Waals surface area contributed by atoms with Gasteiger partial charge in [-0.1, -0.05) is 22.2 Å². The van der Waals surface area contributed by atoms with Gasteiger partial charge in [-0.3, -0.25) is 9.50 Å². The molecule has 0 atom stereocenters. The Morgan fingerprint density at radius 3 is 2.67 bits per heavy atom. The van der Waals surface area contributed by atoms with Gasteiger partial charge < -0.3 is 5.32 Å². The fraction of sp³-hybridized carbons (Fsp3) is 0.182. The van der Waals surface area contributed by atoms with Crippen LogP contribution in [0.5, 0.6) is 0 Å². The van der Waals surface area contributed by atoms with Crippen molar-refractivity contribution in [3.63, 3.8) is 0 Å². The number of hydrogen-bond donors (Lipinski definition) is 1. The van der Waals surface area contributed by atoms with Crippen LogP contribution in [0.15, 0.2) is 18.2 Å². The summed E-state index contributed by atoms with van der Waals surface area (Å²) in [7, 11) is 0. The zero-order valence-electron chi connectivity index (χ0n) is 9.73. The molecule has 1 aromatic heterocycles. The van der Waals surface area contributed by atoms with Crippen molar-refractivity contribution in [2.45, 2.75) is 13.8 Å². The van der Waals surface area contributed by atoms with Crippen molar-refractivity contribution in [3.05, 3.63) is 39.4 Å². The van der Waals surface area contributed by atoms with Crippen LogP contribution in [0.4, 0.5) is 10.4 Å². The van der Waals surface area contributed by atoms with Crippen molar-refractivity contribution < 1.29 is 9.50 Å². The van der Waals surface area contributed by atoms with Gasteiger partial charge in [-0.05, 0) is 43.1 Å². The highest BCUT2D eigenvalue weighted by Crippen LogP contribution is 2.21. The normalized spacial score (nSPS) is 9.72. The summed E-state index contributed by atoms with van der Waals surface area (Å²) in [5, 5.41) is 7.18. The van der Waals surface area contributed by atoms with Crippen molar-refractivity contribution in [1.29, 1.82) is 0 Å². The van der Waals surface area contributed by atoms with E-state index in [1.165, 1.54) is 0 Å². The zero-order valence-corrected chi connectivity index (χ0v) is 11.3. The number of aryl methyl sites for hydroxylation is 2. The van der Waals surface area contributed by atoms with Crippen LogP contribution in [0.25, 0.3) is 0 Å². The third kappa shape index (κ3) is 3.02. The van der Waals surface area contributed by atoms with Gasteiger partial charge in [-0.15, -0.1) is 5.10 Å². The summed E-state index contributed by atoms with van der Waals surface area (Å²) in [6.07, 6.45) is 0. The molecule has 0 spiro atoms. The molecular formula is C11H11ClFN3OS. The molecule has 0 aliphatic rings. The van der Waals surface area contributed by atoms with Gasteiger partial charge >= 0.3 is 0 Å². The Morgan fingerprint density at radius 2 is 2.11 bits per heavy atom. The fourth-order valence-corrected chi connectivity index (χ4v) is 2.03. The van der Waals surface area contributed by atoms with Crippen LogP contribution in [-0.4, -0.2) is 15.5 Å². The zero-order chi connectivity index (χ0) is 12.4. The molecule has 4 nitrogen and oxygen atoms in total. The quantitative estimate of drug-likeness (QED) is 0.923. The average Bonchev–Trinajstić information content (AvgIpc) is 2.70. The number of benzene rings is 1. The molecule has 2 aromatic rings. The number of nitrogens with one attached hydrogen (secondary N) is 1. The number of hydrogen-bond acceptors (Lipinski definition) is 4. The summed E-state index contributed by atoms with van der Waals surface area (Å²) in [6, 6.07) is 5.39. The van der Waals surface area contributed by atoms with Gasteiger partial charge in [-0.25, -0.2) is 0 Å². The molecule has 0 bridgehead atoms.